The minimum absolute atomic E-state index is 0.0371. The third kappa shape index (κ3) is 5.09. The number of nitrogens with zero attached hydrogens (tertiary/aromatic N) is 6. The zero-order valence-corrected chi connectivity index (χ0v) is 24.1. The number of anilines is 1. The number of fused-ring (bicyclic) bond motifs is 1. The maximum absolute atomic E-state index is 14.2. The van der Waals surface area contributed by atoms with Crippen molar-refractivity contribution in [1.82, 2.24) is 24.4 Å². The van der Waals surface area contributed by atoms with Crippen LogP contribution in [-0.4, -0.2) is 56.0 Å². The van der Waals surface area contributed by atoms with Gasteiger partial charge in [-0.05, 0) is 43.0 Å². The third-order valence-electron chi connectivity index (χ3n) is 7.31. The SMILES string of the molecule is [2H]C([2H])=Cc1ccccc1-c1nc2c(cc1Cl)c(N1CCN(C(=O)C(=C)F)C[C@@H]1C)nc(=O)n2-c1c(C([2H])([2H])[2H])ccnc1C(C)C. The van der Waals surface area contributed by atoms with Crippen LogP contribution in [0.4, 0.5) is 10.2 Å². The number of carbonyl (C=O) groups is 1. The molecule has 1 saturated heterocycles. The first-order valence-electron chi connectivity index (χ1n) is 15.9. The zero-order valence-electron chi connectivity index (χ0n) is 28.4. The minimum Gasteiger partial charge on any atom is -0.350 e. The first kappa shape index (κ1) is 23.2. The number of halogens is 2. The Labute approximate surface area is 255 Å². The second-order valence-electron chi connectivity index (χ2n) is 10.4. The monoisotopic (exact) mass is 591 g/mol. The van der Waals surface area contributed by atoms with Crippen LogP contribution in [0.1, 0.15) is 50.4 Å². The molecule has 4 heterocycles. The molecule has 216 valence electrons. The molecule has 0 unspecified atom stereocenters. The van der Waals surface area contributed by atoms with Gasteiger partial charge in [0.15, 0.2) is 11.5 Å². The maximum Gasteiger partial charge on any atom is 0.355 e. The summed E-state index contributed by atoms with van der Waals surface area (Å²) in [6.45, 7) is 5.94. The molecule has 1 fully saturated rings. The molecule has 42 heavy (non-hydrogen) atoms. The Kier molecular flexibility index (Phi) is 6.35. The molecule has 3 aromatic heterocycles. The van der Waals surface area contributed by atoms with Crippen molar-refractivity contribution < 1.29 is 16.0 Å². The third-order valence-corrected chi connectivity index (χ3v) is 7.60. The Morgan fingerprint density at radius 1 is 1.26 bits per heavy atom. The van der Waals surface area contributed by atoms with Crippen LogP contribution in [0, 0.1) is 6.85 Å². The highest BCUT2D eigenvalue weighted by atomic mass is 35.5. The highest BCUT2D eigenvalue weighted by Gasteiger charge is 2.31. The summed E-state index contributed by atoms with van der Waals surface area (Å²) in [5, 5.41) is 0.495. The van der Waals surface area contributed by atoms with Crippen molar-refractivity contribution in [3.63, 3.8) is 0 Å². The summed E-state index contributed by atoms with van der Waals surface area (Å²) in [5.74, 6) is -1.97. The van der Waals surface area contributed by atoms with Crippen LogP contribution in [-0.2, 0) is 4.79 Å². The van der Waals surface area contributed by atoms with Gasteiger partial charge in [-0.2, -0.15) is 4.98 Å². The maximum atomic E-state index is 14.2. The number of piperazine rings is 1. The van der Waals surface area contributed by atoms with Gasteiger partial charge in [0.25, 0.3) is 5.91 Å². The number of carbonyl (C=O) groups excluding carboxylic acids is 1. The Hall–Kier alpha value is -4.37. The van der Waals surface area contributed by atoms with Crippen LogP contribution in [0.2, 0.25) is 5.02 Å². The van der Waals surface area contributed by atoms with Crippen molar-refractivity contribution in [2.45, 2.75) is 39.6 Å². The van der Waals surface area contributed by atoms with Gasteiger partial charge in [0.1, 0.15) is 5.82 Å². The van der Waals surface area contributed by atoms with Gasteiger partial charge in [-0.15, -0.1) is 0 Å². The molecule has 1 amide bonds. The van der Waals surface area contributed by atoms with E-state index in [1.54, 1.807) is 42.2 Å². The molecule has 0 spiro atoms. The molecule has 8 nitrogen and oxygen atoms in total. The standard InChI is InChI=1S/C32H32ClFN6O2/c1-7-22-10-8-9-11-23(22)27-25(33)16-24-29(39-15-14-38(17-20(39)5)31(41)21(6)34)37-32(42)40(30(24)36-27)28-19(4)12-13-35-26(28)18(2)3/h7-13,16,18,20H,1,6,14-15,17H2,2-5H3/t20-/m0/s1/i1D2,4D3. The molecular weight excluding hydrogens is 555 g/mol. The molecule has 1 aromatic carbocycles. The van der Waals surface area contributed by atoms with Crippen molar-refractivity contribution in [2.75, 3.05) is 24.5 Å². The molecule has 0 saturated carbocycles. The smallest absolute Gasteiger partial charge is 0.350 e. The average molecular weight is 592 g/mol. The summed E-state index contributed by atoms with van der Waals surface area (Å²) in [6, 6.07) is 9.41. The van der Waals surface area contributed by atoms with Crippen LogP contribution < -0.4 is 10.6 Å². The summed E-state index contributed by atoms with van der Waals surface area (Å²) >= 11 is 6.90. The van der Waals surface area contributed by atoms with E-state index in [-0.39, 0.29) is 59.0 Å². The summed E-state index contributed by atoms with van der Waals surface area (Å²) in [4.78, 5) is 43.5. The number of hydrogen-bond acceptors (Lipinski definition) is 6. The summed E-state index contributed by atoms with van der Waals surface area (Å²) < 4.78 is 55.2. The minimum atomic E-state index is -2.63. The van der Waals surface area contributed by atoms with Gasteiger partial charge < -0.3 is 9.80 Å². The Balaban J connectivity index is 1.86. The van der Waals surface area contributed by atoms with Gasteiger partial charge in [0.05, 0.1) is 30.2 Å². The first-order chi connectivity index (χ1) is 22.1. The van der Waals surface area contributed by atoms with Crippen LogP contribution in [0.3, 0.4) is 0 Å². The van der Waals surface area contributed by atoms with Gasteiger partial charge in [0.2, 0.25) is 0 Å². The number of amides is 1. The van der Waals surface area contributed by atoms with Crippen molar-refractivity contribution in [3.8, 4) is 16.9 Å². The number of aryl methyl sites for hydroxylation is 1. The summed E-state index contributed by atoms with van der Waals surface area (Å²) in [7, 11) is 0. The first-order valence-corrected chi connectivity index (χ1v) is 13.8. The predicted molar refractivity (Wildman–Crippen MR) is 166 cm³/mol. The second-order valence-corrected chi connectivity index (χ2v) is 10.8. The Morgan fingerprint density at radius 2 is 2.05 bits per heavy atom. The molecule has 1 aliphatic rings. The van der Waals surface area contributed by atoms with E-state index in [0.717, 1.165) is 4.57 Å². The molecule has 10 heteroatoms. The second kappa shape index (κ2) is 11.5. The van der Waals surface area contributed by atoms with E-state index < -0.39 is 36.8 Å². The Bertz CT molecular complexity index is 1990. The van der Waals surface area contributed by atoms with Crippen molar-refractivity contribution >= 4 is 40.4 Å². The highest BCUT2D eigenvalue weighted by Crippen LogP contribution is 2.36. The van der Waals surface area contributed by atoms with E-state index in [9.17, 15) is 14.0 Å². The molecule has 0 N–H and O–H groups in total. The van der Waals surface area contributed by atoms with Crippen LogP contribution in [0.25, 0.3) is 34.1 Å². The number of benzene rings is 1. The topological polar surface area (TPSA) is 84.2 Å². The quantitative estimate of drug-likeness (QED) is 0.252. The van der Waals surface area contributed by atoms with Crippen molar-refractivity contribution in [2.24, 2.45) is 0 Å². The van der Waals surface area contributed by atoms with E-state index in [4.69, 9.17) is 23.4 Å². The molecule has 0 bridgehead atoms. The normalized spacial score (nSPS) is 17.3. The lowest BCUT2D eigenvalue weighted by Crippen LogP contribution is -2.54. The van der Waals surface area contributed by atoms with Gasteiger partial charge in [-0.1, -0.05) is 68.9 Å². The average Bonchev–Trinajstić information content (AvgIpc) is 2.99. The lowest BCUT2D eigenvalue weighted by molar-refractivity contribution is -0.129. The van der Waals surface area contributed by atoms with Gasteiger partial charge in [-0.3, -0.25) is 9.78 Å². The van der Waals surface area contributed by atoms with Crippen molar-refractivity contribution in [1.29, 1.82) is 0 Å². The highest BCUT2D eigenvalue weighted by molar-refractivity contribution is 6.34. The van der Waals surface area contributed by atoms with Crippen LogP contribution in [0.15, 0.2) is 66.3 Å². The van der Waals surface area contributed by atoms with Gasteiger partial charge in [-0.25, -0.2) is 18.7 Å². The predicted octanol–water partition coefficient (Wildman–Crippen LogP) is 6.09. The lowest BCUT2D eigenvalue weighted by atomic mass is 10.0. The number of aromatic nitrogens is 4. The molecule has 4 aromatic rings. The molecule has 5 rings (SSSR count). The fourth-order valence-corrected chi connectivity index (χ4v) is 5.56. The van der Waals surface area contributed by atoms with E-state index >= 15 is 0 Å². The fraction of sp³-hybridized carbons (Fsp3) is 0.281. The molecule has 1 atom stereocenters. The van der Waals surface area contributed by atoms with Gasteiger partial charge in [0, 0.05) is 41.5 Å². The molecule has 0 radical (unpaired) electrons. The van der Waals surface area contributed by atoms with E-state index in [1.807, 2.05) is 13.8 Å². The number of pyridine rings is 2. The van der Waals surface area contributed by atoms with E-state index in [1.165, 1.54) is 23.2 Å². The molecular formula is C32H32ClFN6O2. The largest absolute Gasteiger partial charge is 0.355 e. The van der Waals surface area contributed by atoms with E-state index in [0.29, 0.717) is 22.2 Å². The molecule has 1 aliphatic heterocycles. The van der Waals surface area contributed by atoms with Crippen LogP contribution >= 0.6 is 11.6 Å². The number of rotatable bonds is 6. The van der Waals surface area contributed by atoms with Crippen molar-refractivity contribution in [3.05, 3.63) is 93.9 Å². The Morgan fingerprint density at radius 3 is 2.74 bits per heavy atom. The van der Waals surface area contributed by atoms with Crippen LogP contribution in [0.5, 0.6) is 0 Å². The zero-order chi connectivity index (χ0) is 34.4. The summed E-state index contributed by atoms with van der Waals surface area (Å²) in [5.41, 5.74) is 0.701. The summed E-state index contributed by atoms with van der Waals surface area (Å²) in [6.07, 6.45) is 2.73. The fourth-order valence-electron chi connectivity index (χ4n) is 5.31. The van der Waals surface area contributed by atoms with Gasteiger partial charge >= 0.3 is 5.69 Å². The number of hydrogen-bond donors (Lipinski definition) is 0. The lowest BCUT2D eigenvalue weighted by Gasteiger charge is -2.40. The molecule has 0 aliphatic carbocycles. The van der Waals surface area contributed by atoms with E-state index in [2.05, 4.69) is 16.5 Å².